The molecule has 1 saturated carbocycles. The first-order valence-corrected chi connectivity index (χ1v) is 8.66. The van der Waals surface area contributed by atoms with Crippen LogP contribution in [-0.2, 0) is 5.54 Å². The predicted molar refractivity (Wildman–Crippen MR) is 93.1 cm³/mol. The van der Waals surface area contributed by atoms with Crippen molar-refractivity contribution in [1.29, 1.82) is 0 Å². The maximum atomic E-state index is 3.99. The molecule has 0 radical (unpaired) electrons. The molecule has 2 aromatic carbocycles. The number of para-hydroxylation sites is 1. The number of anilines is 1. The summed E-state index contributed by atoms with van der Waals surface area (Å²) in [4.78, 5) is 0. The molecule has 4 atom stereocenters. The lowest BCUT2D eigenvalue weighted by Crippen LogP contribution is -2.48. The fraction of sp³-hybridized carbons (Fsp3) is 0.429. The van der Waals surface area contributed by atoms with E-state index in [4.69, 9.17) is 0 Å². The molecule has 0 spiro atoms. The van der Waals surface area contributed by atoms with Gasteiger partial charge in [-0.1, -0.05) is 62.7 Å². The molecule has 22 heavy (non-hydrogen) atoms. The first-order chi connectivity index (χ1) is 10.7. The normalized spacial score (nSPS) is 33.1. The molecule has 0 saturated heterocycles. The zero-order chi connectivity index (χ0) is 15.2. The molecule has 1 heteroatoms. The summed E-state index contributed by atoms with van der Waals surface area (Å²) in [6, 6.07) is 19.9. The smallest absolute Gasteiger partial charge is 0.0687 e. The highest BCUT2D eigenvalue weighted by Gasteiger charge is 2.54. The monoisotopic (exact) mass is 291 g/mol. The van der Waals surface area contributed by atoms with Crippen LogP contribution in [-0.4, -0.2) is 0 Å². The average molecular weight is 291 g/mol. The summed E-state index contributed by atoms with van der Waals surface area (Å²) in [5.41, 5.74) is 4.47. The highest BCUT2D eigenvalue weighted by atomic mass is 15.0. The number of nitrogens with one attached hydrogen (secondary N) is 1. The number of hydrogen-bond acceptors (Lipinski definition) is 1. The quantitative estimate of drug-likeness (QED) is 0.765. The summed E-state index contributed by atoms with van der Waals surface area (Å²) in [5, 5.41) is 3.99. The van der Waals surface area contributed by atoms with Crippen LogP contribution in [0.1, 0.15) is 50.2 Å². The average Bonchev–Trinajstić information content (AvgIpc) is 2.80. The number of rotatable bonds is 2. The molecule has 2 aromatic rings. The van der Waals surface area contributed by atoms with Crippen molar-refractivity contribution in [2.24, 2.45) is 11.8 Å². The molecular formula is C21H25N. The van der Waals surface area contributed by atoms with Crippen LogP contribution in [0.25, 0.3) is 0 Å². The van der Waals surface area contributed by atoms with Crippen molar-refractivity contribution in [3.63, 3.8) is 0 Å². The summed E-state index contributed by atoms with van der Waals surface area (Å²) in [5.74, 6) is 2.02. The van der Waals surface area contributed by atoms with Crippen molar-refractivity contribution >= 4 is 5.69 Å². The van der Waals surface area contributed by atoms with Gasteiger partial charge in [-0.2, -0.15) is 0 Å². The van der Waals surface area contributed by atoms with Gasteiger partial charge in [-0.05, 0) is 53.9 Å². The Morgan fingerprint density at radius 3 is 2.45 bits per heavy atom. The summed E-state index contributed by atoms with van der Waals surface area (Å²) in [7, 11) is 0. The molecule has 0 heterocycles. The molecule has 0 amide bonds. The predicted octanol–water partition coefficient (Wildman–Crippen LogP) is 5.55. The topological polar surface area (TPSA) is 12.0 Å². The molecule has 114 valence electrons. The molecular weight excluding hydrogens is 266 g/mol. The molecule has 2 aliphatic rings. The van der Waals surface area contributed by atoms with Gasteiger partial charge in [0, 0.05) is 5.69 Å². The van der Waals surface area contributed by atoms with Crippen molar-refractivity contribution in [2.75, 3.05) is 5.32 Å². The third-order valence-corrected chi connectivity index (χ3v) is 6.14. The fourth-order valence-electron chi connectivity index (χ4n) is 5.11. The molecule has 1 nitrogen and oxygen atoms in total. The Kier molecular flexibility index (Phi) is 3.25. The SMILES string of the molecule is CC1CCC[C@H]2[C@H](C)c3ccccc3C12Nc1ccccc1. The van der Waals surface area contributed by atoms with E-state index in [0.717, 1.165) is 0 Å². The zero-order valence-corrected chi connectivity index (χ0v) is 13.5. The Morgan fingerprint density at radius 1 is 0.909 bits per heavy atom. The Labute approximate surface area is 133 Å². The number of benzene rings is 2. The molecule has 2 aliphatic carbocycles. The highest BCUT2D eigenvalue weighted by Crippen LogP contribution is 2.59. The van der Waals surface area contributed by atoms with Gasteiger partial charge >= 0.3 is 0 Å². The zero-order valence-electron chi connectivity index (χ0n) is 13.5. The van der Waals surface area contributed by atoms with Gasteiger partial charge < -0.3 is 5.32 Å². The standard InChI is InChI=1S/C21H25N/c1-15-9-8-14-19-16(2)18-12-6-7-13-20(18)21(15,19)22-17-10-4-3-5-11-17/h3-7,10-13,15-16,19,22H,8-9,14H2,1-2H3/t15?,16-,19+,21?/m1/s1. The first kappa shape index (κ1) is 13.9. The van der Waals surface area contributed by atoms with Gasteiger partial charge in [0.15, 0.2) is 0 Å². The van der Waals surface area contributed by atoms with Gasteiger partial charge in [0.25, 0.3) is 0 Å². The summed E-state index contributed by atoms with van der Waals surface area (Å²) < 4.78 is 0. The van der Waals surface area contributed by atoms with Gasteiger partial charge in [0.05, 0.1) is 5.54 Å². The van der Waals surface area contributed by atoms with E-state index in [-0.39, 0.29) is 5.54 Å². The van der Waals surface area contributed by atoms with E-state index in [0.29, 0.717) is 17.8 Å². The molecule has 2 unspecified atom stereocenters. The van der Waals surface area contributed by atoms with Crippen LogP contribution in [0.4, 0.5) is 5.69 Å². The number of hydrogen-bond donors (Lipinski definition) is 1. The molecule has 0 aromatic heterocycles. The minimum Gasteiger partial charge on any atom is -0.375 e. The third kappa shape index (κ3) is 1.84. The van der Waals surface area contributed by atoms with Crippen molar-refractivity contribution in [1.82, 2.24) is 0 Å². The fourth-order valence-corrected chi connectivity index (χ4v) is 5.11. The molecule has 1 N–H and O–H groups in total. The van der Waals surface area contributed by atoms with E-state index >= 15 is 0 Å². The summed E-state index contributed by atoms with van der Waals surface area (Å²) >= 11 is 0. The number of fused-ring (bicyclic) bond motifs is 3. The van der Waals surface area contributed by atoms with Gasteiger partial charge in [-0.25, -0.2) is 0 Å². The van der Waals surface area contributed by atoms with Crippen molar-refractivity contribution in [2.45, 2.75) is 44.6 Å². The van der Waals surface area contributed by atoms with E-state index in [1.54, 1.807) is 11.1 Å². The maximum Gasteiger partial charge on any atom is 0.0687 e. The Hall–Kier alpha value is -1.76. The van der Waals surface area contributed by atoms with Crippen LogP contribution < -0.4 is 5.32 Å². The second kappa shape index (κ2) is 5.15. The molecule has 0 bridgehead atoms. The van der Waals surface area contributed by atoms with Gasteiger partial charge in [0.2, 0.25) is 0 Å². The maximum absolute atomic E-state index is 3.99. The highest BCUT2D eigenvalue weighted by molar-refractivity contribution is 5.54. The Bertz CT molecular complexity index is 663. The van der Waals surface area contributed by atoms with E-state index in [9.17, 15) is 0 Å². The van der Waals surface area contributed by atoms with Crippen LogP contribution >= 0.6 is 0 Å². The van der Waals surface area contributed by atoms with Crippen LogP contribution in [0.2, 0.25) is 0 Å². The van der Waals surface area contributed by atoms with Crippen LogP contribution in [0.15, 0.2) is 54.6 Å². The second-order valence-corrected chi connectivity index (χ2v) is 7.17. The lowest BCUT2D eigenvalue weighted by Gasteiger charge is -2.48. The lowest BCUT2D eigenvalue weighted by atomic mass is 9.65. The van der Waals surface area contributed by atoms with E-state index in [2.05, 4.69) is 73.8 Å². The minimum absolute atomic E-state index is 0.107. The van der Waals surface area contributed by atoms with Gasteiger partial charge in [-0.15, -0.1) is 0 Å². The van der Waals surface area contributed by atoms with Crippen molar-refractivity contribution < 1.29 is 0 Å². The lowest BCUT2D eigenvalue weighted by molar-refractivity contribution is 0.144. The van der Waals surface area contributed by atoms with Crippen LogP contribution in [0.5, 0.6) is 0 Å². The third-order valence-electron chi connectivity index (χ3n) is 6.14. The summed E-state index contributed by atoms with van der Waals surface area (Å²) in [6.45, 7) is 4.87. The van der Waals surface area contributed by atoms with Gasteiger partial charge in [-0.3, -0.25) is 0 Å². The largest absolute Gasteiger partial charge is 0.375 e. The van der Waals surface area contributed by atoms with E-state index < -0.39 is 0 Å². The minimum atomic E-state index is 0.107. The molecule has 4 rings (SSSR count). The van der Waals surface area contributed by atoms with E-state index in [1.807, 2.05) is 0 Å². The van der Waals surface area contributed by atoms with Crippen molar-refractivity contribution in [3.8, 4) is 0 Å². The summed E-state index contributed by atoms with van der Waals surface area (Å²) in [6.07, 6.45) is 4.01. The second-order valence-electron chi connectivity index (χ2n) is 7.17. The Morgan fingerprint density at radius 2 is 1.64 bits per heavy atom. The van der Waals surface area contributed by atoms with Gasteiger partial charge in [0.1, 0.15) is 0 Å². The molecule has 1 fully saturated rings. The first-order valence-electron chi connectivity index (χ1n) is 8.66. The molecule has 0 aliphatic heterocycles. The van der Waals surface area contributed by atoms with Crippen LogP contribution in [0, 0.1) is 11.8 Å². The van der Waals surface area contributed by atoms with Crippen molar-refractivity contribution in [3.05, 3.63) is 65.7 Å². The van der Waals surface area contributed by atoms with Crippen LogP contribution in [0.3, 0.4) is 0 Å². The van der Waals surface area contributed by atoms with E-state index in [1.165, 1.54) is 24.9 Å². The Balaban J connectivity index is 1.87.